The second-order valence-electron chi connectivity index (χ2n) is 8.23. The molecule has 3 aliphatic rings. The molecule has 0 bridgehead atoms. The highest BCUT2D eigenvalue weighted by Crippen LogP contribution is 2.38. The molecule has 1 saturated heterocycles. The van der Waals surface area contributed by atoms with Crippen molar-refractivity contribution >= 4 is 23.1 Å². The number of nitrogens with one attached hydrogen (secondary N) is 2. The Bertz CT molecular complexity index is 1090. The SMILES string of the molecule is C1=NCCc2c1nc(-c1ccnc3[nH]c(C4CCC4)cc13)nc2N1CCNCC1. The van der Waals surface area contributed by atoms with Gasteiger partial charge in [0.15, 0.2) is 5.82 Å². The van der Waals surface area contributed by atoms with Crippen LogP contribution in [0.4, 0.5) is 5.82 Å². The molecule has 2 fully saturated rings. The van der Waals surface area contributed by atoms with Gasteiger partial charge in [0.2, 0.25) is 0 Å². The normalized spacial score (nSPS) is 19.4. The lowest BCUT2D eigenvalue weighted by molar-refractivity contribution is 0.413. The molecule has 7 nitrogen and oxygen atoms in total. The van der Waals surface area contributed by atoms with E-state index in [-0.39, 0.29) is 0 Å². The summed E-state index contributed by atoms with van der Waals surface area (Å²) in [7, 11) is 0. The molecule has 3 aromatic rings. The third-order valence-electron chi connectivity index (χ3n) is 6.48. The molecule has 2 aliphatic heterocycles. The van der Waals surface area contributed by atoms with Crippen LogP contribution in [0.1, 0.15) is 42.1 Å². The lowest BCUT2D eigenvalue weighted by atomic mass is 9.83. The van der Waals surface area contributed by atoms with Gasteiger partial charge in [-0.05, 0) is 37.3 Å². The molecule has 29 heavy (non-hydrogen) atoms. The number of anilines is 1. The summed E-state index contributed by atoms with van der Waals surface area (Å²) in [5.74, 6) is 2.50. The first-order valence-corrected chi connectivity index (χ1v) is 10.7. The van der Waals surface area contributed by atoms with E-state index in [1.165, 1.54) is 30.5 Å². The van der Waals surface area contributed by atoms with E-state index in [0.717, 1.165) is 73.1 Å². The second kappa shape index (κ2) is 6.91. The predicted octanol–water partition coefficient (Wildman–Crippen LogP) is 2.67. The van der Waals surface area contributed by atoms with Crippen molar-refractivity contribution in [1.29, 1.82) is 0 Å². The summed E-state index contributed by atoms with van der Waals surface area (Å²) in [6.45, 7) is 4.74. The van der Waals surface area contributed by atoms with Crippen molar-refractivity contribution in [3.63, 3.8) is 0 Å². The van der Waals surface area contributed by atoms with Crippen LogP contribution in [-0.2, 0) is 6.42 Å². The first-order chi connectivity index (χ1) is 14.4. The van der Waals surface area contributed by atoms with Gasteiger partial charge in [0.25, 0.3) is 0 Å². The predicted molar refractivity (Wildman–Crippen MR) is 115 cm³/mol. The molecule has 1 aliphatic carbocycles. The van der Waals surface area contributed by atoms with Crippen LogP contribution in [0.2, 0.25) is 0 Å². The third kappa shape index (κ3) is 2.92. The van der Waals surface area contributed by atoms with Gasteiger partial charge < -0.3 is 15.2 Å². The highest BCUT2D eigenvalue weighted by Gasteiger charge is 2.25. The molecule has 148 valence electrons. The summed E-state index contributed by atoms with van der Waals surface area (Å²) in [6, 6.07) is 4.31. The first kappa shape index (κ1) is 17.1. The first-order valence-electron chi connectivity index (χ1n) is 10.7. The van der Waals surface area contributed by atoms with Crippen molar-refractivity contribution in [1.82, 2.24) is 25.3 Å². The third-order valence-corrected chi connectivity index (χ3v) is 6.48. The fraction of sp³-hybridized carbons (Fsp3) is 0.455. The number of nitrogens with zero attached hydrogens (tertiary/aromatic N) is 5. The molecule has 3 aromatic heterocycles. The molecule has 1 saturated carbocycles. The summed E-state index contributed by atoms with van der Waals surface area (Å²) in [5, 5.41) is 4.55. The zero-order valence-electron chi connectivity index (χ0n) is 16.5. The Labute approximate surface area is 169 Å². The number of pyridine rings is 1. The fourth-order valence-corrected chi connectivity index (χ4v) is 4.60. The lowest BCUT2D eigenvalue weighted by Crippen LogP contribution is -2.44. The van der Waals surface area contributed by atoms with Crippen LogP contribution in [0, 0.1) is 0 Å². The maximum atomic E-state index is 5.10. The maximum absolute atomic E-state index is 5.10. The Kier molecular flexibility index (Phi) is 4.08. The molecular weight excluding hydrogens is 362 g/mol. The number of rotatable bonds is 3. The summed E-state index contributed by atoms with van der Waals surface area (Å²) in [4.78, 5) is 25.0. The van der Waals surface area contributed by atoms with E-state index in [1.54, 1.807) is 0 Å². The van der Waals surface area contributed by atoms with E-state index in [4.69, 9.17) is 9.97 Å². The van der Waals surface area contributed by atoms with Crippen LogP contribution in [0.15, 0.2) is 23.3 Å². The number of aliphatic imine (C=N–C) groups is 1. The van der Waals surface area contributed by atoms with Crippen molar-refractivity contribution in [3.05, 3.63) is 35.3 Å². The van der Waals surface area contributed by atoms with E-state index in [1.807, 2.05) is 18.5 Å². The van der Waals surface area contributed by atoms with E-state index < -0.39 is 0 Å². The van der Waals surface area contributed by atoms with Gasteiger partial charge in [-0.1, -0.05) is 6.42 Å². The second-order valence-corrected chi connectivity index (χ2v) is 8.23. The highest BCUT2D eigenvalue weighted by molar-refractivity contribution is 5.93. The average molecular weight is 387 g/mol. The van der Waals surface area contributed by atoms with Crippen molar-refractivity contribution in [2.45, 2.75) is 31.6 Å². The highest BCUT2D eigenvalue weighted by atomic mass is 15.2. The van der Waals surface area contributed by atoms with Gasteiger partial charge in [-0.25, -0.2) is 15.0 Å². The monoisotopic (exact) mass is 387 g/mol. The van der Waals surface area contributed by atoms with Gasteiger partial charge in [-0.2, -0.15) is 0 Å². The Morgan fingerprint density at radius 2 is 2.00 bits per heavy atom. The van der Waals surface area contributed by atoms with Crippen molar-refractivity contribution < 1.29 is 0 Å². The molecule has 0 spiro atoms. The van der Waals surface area contributed by atoms with E-state index >= 15 is 0 Å². The van der Waals surface area contributed by atoms with Crippen LogP contribution in [0.25, 0.3) is 22.4 Å². The lowest BCUT2D eigenvalue weighted by Gasteiger charge is -2.31. The minimum Gasteiger partial charge on any atom is -0.354 e. The van der Waals surface area contributed by atoms with Crippen LogP contribution in [-0.4, -0.2) is 58.9 Å². The zero-order chi connectivity index (χ0) is 19.2. The van der Waals surface area contributed by atoms with E-state index in [9.17, 15) is 0 Å². The summed E-state index contributed by atoms with van der Waals surface area (Å²) >= 11 is 0. The van der Waals surface area contributed by atoms with E-state index in [0.29, 0.717) is 5.92 Å². The molecule has 0 radical (unpaired) electrons. The van der Waals surface area contributed by atoms with Crippen molar-refractivity contribution in [2.24, 2.45) is 4.99 Å². The van der Waals surface area contributed by atoms with Crippen LogP contribution < -0.4 is 10.2 Å². The van der Waals surface area contributed by atoms with Crippen LogP contribution in [0.5, 0.6) is 0 Å². The van der Waals surface area contributed by atoms with Gasteiger partial charge in [-0.3, -0.25) is 4.99 Å². The molecular formula is C22H25N7. The fourth-order valence-electron chi connectivity index (χ4n) is 4.60. The Morgan fingerprint density at radius 1 is 1.10 bits per heavy atom. The molecule has 5 heterocycles. The Balaban J connectivity index is 1.50. The molecule has 2 N–H and O–H groups in total. The number of aromatic amines is 1. The minimum atomic E-state index is 0.644. The zero-order valence-corrected chi connectivity index (χ0v) is 16.5. The summed E-state index contributed by atoms with van der Waals surface area (Å²) in [5.41, 5.74) is 5.49. The number of fused-ring (bicyclic) bond motifs is 2. The smallest absolute Gasteiger partial charge is 0.162 e. The molecule has 0 atom stereocenters. The van der Waals surface area contributed by atoms with Crippen molar-refractivity contribution in [2.75, 3.05) is 37.6 Å². The van der Waals surface area contributed by atoms with Crippen molar-refractivity contribution in [3.8, 4) is 11.4 Å². The summed E-state index contributed by atoms with van der Waals surface area (Å²) < 4.78 is 0. The number of hydrogen-bond acceptors (Lipinski definition) is 6. The number of aromatic nitrogens is 4. The number of H-pyrrole nitrogens is 1. The molecule has 0 aromatic carbocycles. The van der Waals surface area contributed by atoms with Crippen LogP contribution in [0.3, 0.4) is 0 Å². The molecule has 7 heteroatoms. The van der Waals surface area contributed by atoms with Crippen LogP contribution >= 0.6 is 0 Å². The van der Waals surface area contributed by atoms with E-state index in [2.05, 4.69) is 31.2 Å². The Morgan fingerprint density at radius 3 is 2.83 bits per heavy atom. The topological polar surface area (TPSA) is 82.1 Å². The minimum absolute atomic E-state index is 0.644. The molecule has 0 amide bonds. The average Bonchev–Trinajstić information content (AvgIpc) is 3.15. The van der Waals surface area contributed by atoms with Gasteiger partial charge in [0.05, 0.1) is 5.69 Å². The standard InChI is InChI=1S/C22H25N7/c1-2-14(3-1)18-12-17-15(5-7-25-20(17)26-18)21-27-19-13-24-6-4-16(19)22(28-21)29-10-8-23-9-11-29/h5,7,12-14,23H,1-4,6,8-11H2,(H,25,26). The number of hydrogen-bond donors (Lipinski definition) is 2. The number of piperazine rings is 1. The van der Waals surface area contributed by atoms with Gasteiger partial charge in [0.1, 0.15) is 11.5 Å². The van der Waals surface area contributed by atoms with Gasteiger partial charge in [-0.15, -0.1) is 0 Å². The van der Waals surface area contributed by atoms with Gasteiger partial charge >= 0.3 is 0 Å². The summed E-state index contributed by atoms with van der Waals surface area (Å²) in [6.07, 6.45) is 8.54. The molecule has 0 unspecified atom stereocenters. The largest absolute Gasteiger partial charge is 0.354 e. The Hall–Kier alpha value is -2.80. The maximum Gasteiger partial charge on any atom is 0.162 e. The van der Waals surface area contributed by atoms with Gasteiger partial charge in [0, 0.05) is 67.3 Å². The molecule has 6 rings (SSSR count). The quantitative estimate of drug-likeness (QED) is 0.722.